The lowest BCUT2D eigenvalue weighted by atomic mass is 9.67. The summed E-state index contributed by atoms with van der Waals surface area (Å²) in [6.45, 7) is 3.24. The van der Waals surface area contributed by atoms with Crippen molar-refractivity contribution >= 4 is 11.8 Å². The molecule has 2 heterocycles. The van der Waals surface area contributed by atoms with E-state index in [1.807, 2.05) is 4.90 Å². The zero-order valence-corrected chi connectivity index (χ0v) is 13.0. The summed E-state index contributed by atoms with van der Waals surface area (Å²) in [4.78, 5) is 27.0. The third kappa shape index (κ3) is 2.56. The highest BCUT2D eigenvalue weighted by molar-refractivity contribution is 5.85. The van der Waals surface area contributed by atoms with E-state index in [2.05, 4.69) is 10.6 Å². The van der Waals surface area contributed by atoms with Gasteiger partial charge in [0.15, 0.2) is 0 Å². The number of hydrogen-bond donors (Lipinski definition) is 2. The van der Waals surface area contributed by atoms with Gasteiger partial charge < -0.3 is 15.5 Å². The Balaban J connectivity index is 1.73. The van der Waals surface area contributed by atoms with Gasteiger partial charge in [-0.25, -0.2) is 0 Å². The van der Waals surface area contributed by atoms with Crippen LogP contribution in [0.25, 0.3) is 0 Å². The monoisotopic (exact) mass is 293 g/mol. The number of nitrogens with zero attached hydrogens (tertiary/aromatic N) is 1. The number of hydrogen-bond acceptors (Lipinski definition) is 3. The van der Waals surface area contributed by atoms with Crippen LogP contribution in [-0.2, 0) is 9.59 Å². The second-order valence-electron chi connectivity index (χ2n) is 6.93. The molecule has 3 rings (SSSR count). The van der Waals surface area contributed by atoms with E-state index in [9.17, 15) is 9.59 Å². The van der Waals surface area contributed by atoms with Gasteiger partial charge in [-0.15, -0.1) is 0 Å². The maximum Gasteiger partial charge on any atom is 0.230 e. The van der Waals surface area contributed by atoms with Crippen LogP contribution in [0.1, 0.15) is 38.5 Å². The summed E-state index contributed by atoms with van der Waals surface area (Å²) in [5.74, 6) is 0.861. The SMILES string of the molecule is CNC(=O)C1CCCN(C(=O)[C@@]23CCCC[C@H]2CNC3)C1. The average molecular weight is 293 g/mol. The van der Waals surface area contributed by atoms with Crippen molar-refractivity contribution in [1.29, 1.82) is 0 Å². The van der Waals surface area contributed by atoms with E-state index in [4.69, 9.17) is 0 Å². The fraction of sp³-hybridized carbons (Fsp3) is 0.875. The molecule has 2 aliphatic heterocycles. The van der Waals surface area contributed by atoms with E-state index in [-0.39, 0.29) is 17.2 Å². The van der Waals surface area contributed by atoms with Crippen molar-refractivity contribution in [2.75, 3.05) is 33.2 Å². The molecule has 21 heavy (non-hydrogen) atoms. The number of fused-ring (bicyclic) bond motifs is 1. The molecule has 1 saturated carbocycles. The van der Waals surface area contributed by atoms with E-state index in [1.54, 1.807) is 7.05 Å². The van der Waals surface area contributed by atoms with Gasteiger partial charge in [0, 0.05) is 26.7 Å². The first-order valence-electron chi connectivity index (χ1n) is 8.39. The molecule has 0 aromatic carbocycles. The maximum atomic E-state index is 13.2. The van der Waals surface area contributed by atoms with Gasteiger partial charge in [0.25, 0.3) is 0 Å². The van der Waals surface area contributed by atoms with Gasteiger partial charge in [-0.2, -0.15) is 0 Å². The minimum atomic E-state index is -0.178. The fourth-order valence-corrected chi connectivity index (χ4v) is 4.56. The Morgan fingerprint density at radius 2 is 2.10 bits per heavy atom. The highest BCUT2D eigenvalue weighted by Crippen LogP contribution is 2.45. The van der Waals surface area contributed by atoms with Crippen LogP contribution in [0.4, 0.5) is 0 Å². The zero-order chi connectivity index (χ0) is 14.9. The molecule has 5 heteroatoms. The van der Waals surface area contributed by atoms with Crippen molar-refractivity contribution in [3.8, 4) is 0 Å². The summed E-state index contributed by atoms with van der Waals surface area (Å²) in [6.07, 6.45) is 6.45. The summed E-state index contributed by atoms with van der Waals surface area (Å²) in [5.41, 5.74) is -0.178. The lowest BCUT2D eigenvalue weighted by Gasteiger charge is -2.43. The first-order chi connectivity index (χ1) is 10.2. The molecule has 2 saturated heterocycles. The Hall–Kier alpha value is -1.10. The molecule has 5 nitrogen and oxygen atoms in total. The Bertz CT molecular complexity index is 426. The Labute approximate surface area is 126 Å². The molecule has 3 aliphatic rings. The topological polar surface area (TPSA) is 61.4 Å². The van der Waals surface area contributed by atoms with E-state index in [0.29, 0.717) is 18.4 Å². The molecule has 2 N–H and O–H groups in total. The minimum Gasteiger partial charge on any atom is -0.359 e. The van der Waals surface area contributed by atoms with Crippen LogP contribution in [0.2, 0.25) is 0 Å². The van der Waals surface area contributed by atoms with Crippen LogP contribution in [0.3, 0.4) is 0 Å². The molecule has 0 aromatic heterocycles. The molecule has 1 aliphatic carbocycles. The number of amides is 2. The molecule has 0 bridgehead atoms. The van der Waals surface area contributed by atoms with Gasteiger partial charge in [0.05, 0.1) is 11.3 Å². The first-order valence-corrected chi connectivity index (χ1v) is 8.39. The van der Waals surface area contributed by atoms with Crippen molar-refractivity contribution in [1.82, 2.24) is 15.5 Å². The molecule has 0 spiro atoms. The van der Waals surface area contributed by atoms with Crippen molar-refractivity contribution in [3.05, 3.63) is 0 Å². The summed E-state index contributed by atoms with van der Waals surface area (Å²) < 4.78 is 0. The molecule has 3 atom stereocenters. The number of carbonyl (C=O) groups is 2. The second kappa shape index (κ2) is 5.95. The van der Waals surface area contributed by atoms with Crippen molar-refractivity contribution in [3.63, 3.8) is 0 Å². The van der Waals surface area contributed by atoms with Crippen LogP contribution < -0.4 is 10.6 Å². The van der Waals surface area contributed by atoms with E-state index < -0.39 is 0 Å². The lowest BCUT2D eigenvalue weighted by Crippen LogP contribution is -2.53. The third-order valence-electron chi connectivity index (χ3n) is 5.79. The fourth-order valence-electron chi connectivity index (χ4n) is 4.56. The van der Waals surface area contributed by atoms with Gasteiger partial charge in [0.2, 0.25) is 11.8 Å². The molecule has 2 amide bonds. The van der Waals surface area contributed by atoms with E-state index in [0.717, 1.165) is 45.3 Å². The largest absolute Gasteiger partial charge is 0.359 e. The number of nitrogens with one attached hydrogen (secondary N) is 2. The minimum absolute atomic E-state index is 0.0273. The highest BCUT2D eigenvalue weighted by Gasteiger charge is 2.51. The van der Waals surface area contributed by atoms with Crippen LogP contribution in [0, 0.1) is 17.3 Å². The Kier molecular flexibility index (Phi) is 4.20. The van der Waals surface area contributed by atoms with E-state index in [1.165, 1.54) is 12.8 Å². The number of rotatable bonds is 2. The second-order valence-corrected chi connectivity index (χ2v) is 6.93. The number of likely N-dealkylation sites (tertiary alicyclic amines) is 1. The molecular weight excluding hydrogens is 266 g/mol. The van der Waals surface area contributed by atoms with Gasteiger partial charge in [-0.05, 0) is 38.1 Å². The van der Waals surface area contributed by atoms with Crippen molar-refractivity contribution < 1.29 is 9.59 Å². The van der Waals surface area contributed by atoms with Crippen molar-refractivity contribution in [2.24, 2.45) is 17.3 Å². The van der Waals surface area contributed by atoms with Crippen LogP contribution in [-0.4, -0.2) is 49.9 Å². The smallest absolute Gasteiger partial charge is 0.230 e. The predicted octanol–water partition coefficient (Wildman–Crippen LogP) is 0.751. The molecule has 0 aromatic rings. The lowest BCUT2D eigenvalue weighted by molar-refractivity contribution is -0.148. The van der Waals surface area contributed by atoms with Crippen molar-refractivity contribution in [2.45, 2.75) is 38.5 Å². The van der Waals surface area contributed by atoms with Gasteiger partial charge in [0.1, 0.15) is 0 Å². The van der Waals surface area contributed by atoms with Gasteiger partial charge in [-0.1, -0.05) is 12.8 Å². The van der Waals surface area contributed by atoms with E-state index >= 15 is 0 Å². The standard InChI is InChI=1S/C16H27N3O2/c1-17-14(20)12-5-4-8-19(10-12)15(21)16-7-3-2-6-13(16)9-18-11-16/h12-13,18H,2-11H2,1H3,(H,17,20)/t12?,13-,16+/m0/s1. The zero-order valence-electron chi connectivity index (χ0n) is 13.0. The maximum absolute atomic E-state index is 13.2. The van der Waals surface area contributed by atoms with Crippen LogP contribution >= 0.6 is 0 Å². The molecule has 3 fully saturated rings. The Morgan fingerprint density at radius 1 is 1.24 bits per heavy atom. The first kappa shape index (κ1) is 14.8. The third-order valence-corrected chi connectivity index (χ3v) is 5.79. The van der Waals surface area contributed by atoms with Crippen LogP contribution in [0.15, 0.2) is 0 Å². The normalized spacial score (nSPS) is 36.1. The summed E-state index contributed by atoms with van der Waals surface area (Å²) in [7, 11) is 1.68. The number of carbonyl (C=O) groups excluding carboxylic acids is 2. The summed E-state index contributed by atoms with van der Waals surface area (Å²) in [5, 5.41) is 6.17. The summed E-state index contributed by atoms with van der Waals surface area (Å²) in [6, 6.07) is 0. The quantitative estimate of drug-likeness (QED) is 0.790. The molecule has 1 unspecified atom stereocenters. The highest BCUT2D eigenvalue weighted by atomic mass is 16.2. The van der Waals surface area contributed by atoms with Crippen LogP contribution in [0.5, 0.6) is 0 Å². The summed E-state index contributed by atoms with van der Waals surface area (Å²) >= 11 is 0. The Morgan fingerprint density at radius 3 is 2.90 bits per heavy atom. The molecular formula is C16H27N3O2. The molecule has 118 valence electrons. The van der Waals surface area contributed by atoms with Gasteiger partial charge >= 0.3 is 0 Å². The van der Waals surface area contributed by atoms with Gasteiger partial charge in [-0.3, -0.25) is 9.59 Å². The average Bonchev–Trinajstić information content (AvgIpc) is 2.98. The predicted molar refractivity (Wildman–Crippen MR) is 80.6 cm³/mol. The number of piperidine rings is 1. The molecule has 0 radical (unpaired) electrons.